The normalized spacial score (nSPS) is 30.5. The van der Waals surface area contributed by atoms with Crippen LogP contribution in [0.1, 0.15) is 0 Å². The van der Waals surface area contributed by atoms with Crippen LogP contribution in [0.3, 0.4) is 0 Å². The molecule has 1 aliphatic carbocycles. The second-order valence-electron chi connectivity index (χ2n) is 3.93. The number of carboxylic acid groups (broad SMARTS) is 1. The molecular weight excluding hydrogens is 210 g/mol. The number of fused-ring (bicyclic) bond motifs is 1. The summed E-state index contributed by atoms with van der Waals surface area (Å²) < 4.78 is 4.86. The number of hydrogen-bond donors (Lipinski definition) is 1. The molecule has 1 fully saturated rings. The Bertz CT molecular complexity index is 363. The fraction of sp³-hybridized carbons (Fsp3) is 0.455. The zero-order valence-corrected chi connectivity index (χ0v) is 8.70. The molecule has 0 radical (unpaired) electrons. The summed E-state index contributed by atoms with van der Waals surface area (Å²) in [7, 11) is 0. The Morgan fingerprint density at radius 1 is 1.56 bits per heavy atom. The first-order valence-corrected chi connectivity index (χ1v) is 5.10. The molecule has 1 aliphatic heterocycles. The van der Waals surface area contributed by atoms with E-state index in [-0.39, 0.29) is 18.4 Å². The highest BCUT2D eigenvalue weighted by Gasteiger charge is 2.49. The van der Waals surface area contributed by atoms with Gasteiger partial charge in [-0.1, -0.05) is 24.8 Å². The number of amides is 1. The summed E-state index contributed by atoms with van der Waals surface area (Å²) >= 11 is 0. The van der Waals surface area contributed by atoms with E-state index >= 15 is 0 Å². The highest BCUT2D eigenvalue weighted by atomic mass is 16.6. The zero-order valence-electron chi connectivity index (χ0n) is 8.70. The van der Waals surface area contributed by atoms with Crippen LogP contribution in [0, 0.1) is 11.8 Å². The summed E-state index contributed by atoms with van der Waals surface area (Å²) in [5, 5.41) is 9.08. The van der Waals surface area contributed by atoms with Crippen LogP contribution in [0.2, 0.25) is 0 Å². The van der Waals surface area contributed by atoms with E-state index in [9.17, 15) is 9.59 Å². The summed E-state index contributed by atoms with van der Waals surface area (Å²) in [6.07, 6.45) is 4.64. The molecule has 5 heteroatoms. The largest absolute Gasteiger partial charge is 0.480 e. The maximum atomic E-state index is 11.6. The molecule has 3 atom stereocenters. The average Bonchev–Trinajstić information content (AvgIpc) is 2.47. The monoisotopic (exact) mass is 223 g/mol. The van der Waals surface area contributed by atoms with E-state index in [1.807, 2.05) is 12.2 Å². The van der Waals surface area contributed by atoms with Gasteiger partial charge in [-0.05, 0) is 0 Å². The first-order valence-electron chi connectivity index (χ1n) is 5.10. The summed E-state index contributed by atoms with van der Waals surface area (Å²) in [6, 6.07) is -0.785. The molecule has 0 spiro atoms. The second kappa shape index (κ2) is 4.00. The number of ether oxygens (including phenoxy) is 1. The van der Waals surface area contributed by atoms with Crippen molar-refractivity contribution in [1.29, 1.82) is 0 Å². The molecule has 0 aromatic heterocycles. The maximum Gasteiger partial charge on any atom is 0.410 e. The van der Waals surface area contributed by atoms with Gasteiger partial charge in [0.1, 0.15) is 12.6 Å². The van der Waals surface area contributed by atoms with Gasteiger partial charge < -0.3 is 9.84 Å². The summed E-state index contributed by atoms with van der Waals surface area (Å²) in [6.45, 7) is 3.96. The zero-order chi connectivity index (χ0) is 11.7. The molecule has 1 amide bonds. The lowest BCUT2D eigenvalue weighted by atomic mass is 9.81. The molecular formula is C11H13NO4. The van der Waals surface area contributed by atoms with E-state index in [1.165, 1.54) is 11.0 Å². The van der Waals surface area contributed by atoms with Crippen LogP contribution in [0.25, 0.3) is 0 Å². The Hall–Kier alpha value is -1.78. The van der Waals surface area contributed by atoms with Gasteiger partial charge in [-0.3, -0.25) is 4.90 Å². The molecule has 2 aliphatic rings. The standard InChI is InChI=1S/C11H13NO4/c1-2-5-16-11(15)12-6-7-3-4-8(7)9(12)10(13)14/h2-4,7-9H,1,5-6H2,(H,13,14). The van der Waals surface area contributed by atoms with Crippen LogP contribution in [0.4, 0.5) is 4.79 Å². The Kier molecular flexibility index (Phi) is 2.68. The highest BCUT2D eigenvalue weighted by Crippen LogP contribution is 2.38. The summed E-state index contributed by atoms with van der Waals surface area (Å²) in [5.41, 5.74) is 0. The Morgan fingerprint density at radius 2 is 2.31 bits per heavy atom. The van der Waals surface area contributed by atoms with Crippen molar-refractivity contribution in [2.75, 3.05) is 13.2 Å². The molecule has 3 unspecified atom stereocenters. The minimum Gasteiger partial charge on any atom is -0.480 e. The van der Waals surface area contributed by atoms with Crippen molar-refractivity contribution in [2.24, 2.45) is 11.8 Å². The van der Waals surface area contributed by atoms with Gasteiger partial charge in [0.05, 0.1) is 0 Å². The number of carbonyl (C=O) groups is 2. The van der Waals surface area contributed by atoms with Crippen molar-refractivity contribution < 1.29 is 19.4 Å². The first kappa shape index (κ1) is 10.7. The van der Waals surface area contributed by atoms with Crippen LogP contribution >= 0.6 is 0 Å². The van der Waals surface area contributed by atoms with Crippen LogP contribution in [0.15, 0.2) is 24.8 Å². The van der Waals surface area contributed by atoms with E-state index in [2.05, 4.69) is 6.58 Å². The van der Waals surface area contributed by atoms with Crippen LogP contribution in [-0.4, -0.2) is 41.3 Å². The Morgan fingerprint density at radius 3 is 2.81 bits per heavy atom. The van der Waals surface area contributed by atoms with E-state index in [4.69, 9.17) is 9.84 Å². The van der Waals surface area contributed by atoms with Gasteiger partial charge in [-0.25, -0.2) is 9.59 Å². The summed E-state index contributed by atoms with van der Waals surface area (Å²) in [4.78, 5) is 24.0. The minimum atomic E-state index is -0.979. The van der Waals surface area contributed by atoms with Crippen LogP contribution in [0.5, 0.6) is 0 Å². The number of likely N-dealkylation sites (tertiary alicyclic amines) is 1. The predicted octanol–water partition coefficient (Wildman–Crippen LogP) is 0.880. The number of carbonyl (C=O) groups excluding carboxylic acids is 1. The first-order chi connectivity index (χ1) is 7.65. The van der Waals surface area contributed by atoms with Gasteiger partial charge in [0.15, 0.2) is 0 Å². The smallest absolute Gasteiger partial charge is 0.410 e. The van der Waals surface area contributed by atoms with E-state index in [1.54, 1.807) is 0 Å². The highest BCUT2D eigenvalue weighted by molar-refractivity contribution is 5.82. The Balaban J connectivity index is 2.06. The fourth-order valence-electron chi connectivity index (χ4n) is 2.17. The molecule has 0 aromatic carbocycles. The number of rotatable bonds is 3. The number of nitrogens with zero attached hydrogens (tertiary/aromatic N) is 1. The lowest BCUT2D eigenvalue weighted by molar-refractivity contribution is -0.142. The molecule has 0 saturated carbocycles. The lowest BCUT2D eigenvalue weighted by Gasteiger charge is -2.24. The van der Waals surface area contributed by atoms with E-state index in [0.717, 1.165) is 0 Å². The van der Waals surface area contributed by atoms with Crippen LogP contribution < -0.4 is 0 Å². The molecule has 16 heavy (non-hydrogen) atoms. The van der Waals surface area contributed by atoms with Crippen molar-refractivity contribution in [2.45, 2.75) is 6.04 Å². The number of carboxylic acids is 1. The molecule has 0 bridgehead atoms. The van der Waals surface area contributed by atoms with Gasteiger partial charge in [0.25, 0.3) is 0 Å². The molecule has 86 valence electrons. The second-order valence-corrected chi connectivity index (χ2v) is 3.93. The third-order valence-corrected chi connectivity index (χ3v) is 2.99. The van der Waals surface area contributed by atoms with Crippen molar-refractivity contribution >= 4 is 12.1 Å². The van der Waals surface area contributed by atoms with Crippen LogP contribution in [-0.2, 0) is 9.53 Å². The average molecular weight is 223 g/mol. The van der Waals surface area contributed by atoms with Gasteiger partial charge >= 0.3 is 12.1 Å². The minimum absolute atomic E-state index is 0.0613. The maximum absolute atomic E-state index is 11.6. The Labute approximate surface area is 93.0 Å². The molecule has 1 heterocycles. The van der Waals surface area contributed by atoms with Gasteiger partial charge in [0.2, 0.25) is 0 Å². The van der Waals surface area contributed by atoms with Gasteiger partial charge in [-0.2, -0.15) is 0 Å². The SMILES string of the molecule is C=CCOC(=O)N1CC2C=CC2C1C(=O)O. The fourth-order valence-corrected chi connectivity index (χ4v) is 2.17. The molecule has 2 rings (SSSR count). The molecule has 1 N–H and O–H groups in total. The summed E-state index contributed by atoms with van der Waals surface area (Å²) in [5.74, 6) is -0.876. The number of aliphatic carboxylic acids is 1. The van der Waals surface area contributed by atoms with E-state index < -0.39 is 18.1 Å². The topological polar surface area (TPSA) is 66.8 Å². The number of hydrogen-bond acceptors (Lipinski definition) is 3. The van der Waals surface area contributed by atoms with Gasteiger partial charge in [-0.15, -0.1) is 0 Å². The van der Waals surface area contributed by atoms with Gasteiger partial charge in [0, 0.05) is 18.4 Å². The predicted molar refractivity (Wildman–Crippen MR) is 55.8 cm³/mol. The van der Waals surface area contributed by atoms with Crippen molar-refractivity contribution in [3.05, 3.63) is 24.8 Å². The van der Waals surface area contributed by atoms with Crippen molar-refractivity contribution in [1.82, 2.24) is 4.90 Å². The molecule has 1 saturated heterocycles. The quantitative estimate of drug-likeness (QED) is 0.721. The van der Waals surface area contributed by atoms with E-state index in [0.29, 0.717) is 6.54 Å². The van der Waals surface area contributed by atoms with Crippen molar-refractivity contribution in [3.63, 3.8) is 0 Å². The third kappa shape index (κ3) is 1.58. The lowest BCUT2D eigenvalue weighted by Crippen LogP contribution is -2.43. The third-order valence-electron chi connectivity index (χ3n) is 2.99. The molecule has 0 aromatic rings. The molecule has 5 nitrogen and oxygen atoms in total. The van der Waals surface area contributed by atoms with Crippen molar-refractivity contribution in [3.8, 4) is 0 Å².